The van der Waals surface area contributed by atoms with Crippen molar-refractivity contribution in [2.75, 3.05) is 0 Å². The zero-order chi connectivity index (χ0) is 29.3. The molecule has 0 aliphatic carbocycles. The van der Waals surface area contributed by atoms with Crippen LogP contribution in [0, 0.1) is 0 Å². The third-order valence-electron chi connectivity index (χ3n) is 8.65. The molecule has 0 heteroatoms. The van der Waals surface area contributed by atoms with Crippen LogP contribution in [0.15, 0.2) is 164 Å². The van der Waals surface area contributed by atoms with Crippen molar-refractivity contribution in [2.24, 2.45) is 0 Å². The summed E-state index contributed by atoms with van der Waals surface area (Å²) in [7, 11) is 0. The quantitative estimate of drug-likeness (QED) is 0.141. The van der Waals surface area contributed by atoms with Crippen LogP contribution >= 0.6 is 0 Å². The summed E-state index contributed by atoms with van der Waals surface area (Å²) in [5.41, 5.74) is 9.70. The van der Waals surface area contributed by atoms with Gasteiger partial charge in [0, 0.05) is 0 Å². The minimum atomic E-state index is 1.18. The van der Waals surface area contributed by atoms with Crippen LogP contribution in [0.3, 0.4) is 0 Å². The Morgan fingerprint density at radius 2 is 0.886 bits per heavy atom. The molecule has 206 valence electrons. The van der Waals surface area contributed by atoms with E-state index in [1.807, 2.05) is 0 Å². The molecule has 0 saturated carbocycles. The molecule has 0 N–H and O–H groups in total. The van der Waals surface area contributed by atoms with Gasteiger partial charge in [0.1, 0.15) is 0 Å². The van der Waals surface area contributed by atoms with E-state index in [-0.39, 0.29) is 0 Å². The smallest absolute Gasteiger partial charge is 0.00208 e. The highest BCUT2D eigenvalue weighted by atomic mass is 14.1. The maximum absolute atomic E-state index is 2.28. The molecule has 0 bridgehead atoms. The van der Waals surface area contributed by atoms with Crippen molar-refractivity contribution in [2.45, 2.75) is 0 Å². The highest BCUT2D eigenvalue weighted by molar-refractivity contribution is 6.24. The van der Waals surface area contributed by atoms with E-state index >= 15 is 0 Å². The van der Waals surface area contributed by atoms with Crippen molar-refractivity contribution in [3.63, 3.8) is 0 Å². The maximum atomic E-state index is 2.28. The molecule has 0 radical (unpaired) electrons. The molecule has 0 aliphatic heterocycles. The Labute approximate surface area is 258 Å². The molecule has 0 fully saturated rings. The molecule has 8 rings (SSSR count). The van der Waals surface area contributed by atoms with Crippen LogP contribution in [0.4, 0.5) is 0 Å². The third kappa shape index (κ3) is 4.87. The zero-order valence-corrected chi connectivity index (χ0v) is 24.3. The van der Waals surface area contributed by atoms with Crippen molar-refractivity contribution < 1.29 is 0 Å². The van der Waals surface area contributed by atoms with Gasteiger partial charge in [0.05, 0.1) is 0 Å². The van der Waals surface area contributed by atoms with E-state index in [9.17, 15) is 0 Å². The largest absolute Gasteiger partial charge is 0.0622 e. The van der Waals surface area contributed by atoms with Gasteiger partial charge in [-0.15, -0.1) is 0 Å². The molecule has 0 heterocycles. The molecule has 44 heavy (non-hydrogen) atoms. The van der Waals surface area contributed by atoms with Crippen molar-refractivity contribution in [1.29, 1.82) is 0 Å². The van der Waals surface area contributed by atoms with Gasteiger partial charge in [0.15, 0.2) is 0 Å². The van der Waals surface area contributed by atoms with E-state index in [4.69, 9.17) is 0 Å². The lowest BCUT2D eigenvalue weighted by molar-refractivity contribution is 1.55. The van der Waals surface area contributed by atoms with Crippen molar-refractivity contribution in [1.82, 2.24) is 0 Å². The predicted octanol–water partition coefficient (Wildman–Crippen LogP) is 12.0. The van der Waals surface area contributed by atoms with E-state index in [1.54, 1.807) is 0 Å². The molecule has 0 aromatic heterocycles. The first kappa shape index (κ1) is 25.9. The first-order valence-electron chi connectivity index (χ1n) is 15.2. The van der Waals surface area contributed by atoms with Gasteiger partial charge in [-0.3, -0.25) is 0 Å². The standard InChI is InChI=1S/C44H30/c1-3-8-35(9-4-1)42(36-10-5-2-6-11-36)30-32-17-21-34(22-18-32)33-19-14-31(15-20-33)16-23-37-24-25-40-27-26-38-12-7-13-39-28-29-41(37)44(40)43(38)39/h1-30H. The molecular formula is C44H30. The number of rotatable bonds is 6. The first-order chi connectivity index (χ1) is 21.8. The van der Waals surface area contributed by atoms with Gasteiger partial charge in [-0.25, -0.2) is 0 Å². The first-order valence-corrected chi connectivity index (χ1v) is 15.2. The van der Waals surface area contributed by atoms with Gasteiger partial charge in [-0.2, -0.15) is 0 Å². The predicted molar refractivity (Wildman–Crippen MR) is 191 cm³/mol. The number of hydrogen-bond acceptors (Lipinski definition) is 0. The highest BCUT2D eigenvalue weighted by Gasteiger charge is 2.10. The van der Waals surface area contributed by atoms with Gasteiger partial charge >= 0.3 is 0 Å². The van der Waals surface area contributed by atoms with E-state index in [1.165, 1.54) is 76.8 Å². The summed E-state index contributed by atoms with van der Waals surface area (Å²) in [5, 5.41) is 7.92. The van der Waals surface area contributed by atoms with Crippen LogP contribution in [-0.4, -0.2) is 0 Å². The van der Waals surface area contributed by atoms with E-state index in [2.05, 4.69) is 182 Å². The average molecular weight is 559 g/mol. The second-order valence-corrected chi connectivity index (χ2v) is 11.4. The van der Waals surface area contributed by atoms with Gasteiger partial charge in [-0.05, 0) is 82.9 Å². The molecule has 8 aromatic carbocycles. The Morgan fingerprint density at radius 1 is 0.364 bits per heavy atom. The zero-order valence-electron chi connectivity index (χ0n) is 24.3. The van der Waals surface area contributed by atoms with Crippen LogP contribution in [0.2, 0.25) is 0 Å². The lowest BCUT2D eigenvalue weighted by atomic mass is 9.92. The third-order valence-corrected chi connectivity index (χ3v) is 8.65. The fourth-order valence-corrected chi connectivity index (χ4v) is 6.38. The molecule has 0 atom stereocenters. The topological polar surface area (TPSA) is 0 Å². The maximum Gasteiger partial charge on any atom is -0.00208 e. The monoisotopic (exact) mass is 558 g/mol. The molecular weight excluding hydrogens is 528 g/mol. The van der Waals surface area contributed by atoms with Crippen LogP contribution in [0.25, 0.3) is 67.2 Å². The summed E-state index contributed by atoms with van der Waals surface area (Å²) in [5.74, 6) is 0. The summed E-state index contributed by atoms with van der Waals surface area (Å²) in [6.45, 7) is 0. The molecule has 0 saturated heterocycles. The normalized spacial score (nSPS) is 11.5. The van der Waals surface area contributed by atoms with Crippen LogP contribution in [0.5, 0.6) is 0 Å². The van der Waals surface area contributed by atoms with Crippen molar-refractivity contribution in [3.05, 3.63) is 192 Å². The van der Waals surface area contributed by atoms with Crippen molar-refractivity contribution >= 4 is 56.1 Å². The lowest BCUT2D eigenvalue weighted by Crippen LogP contribution is -1.88. The van der Waals surface area contributed by atoms with E-state index in [0.29, 0.717) is 0 Å². The molecule has 0 nitrogen and oxygen atoms in total. The average Bonchev–Trinajstić information content (AvgIpc) is 3.10. The van der Waals surface area contributed by atoms with Crippen LogP contribution < -0.4 is 0 Å². The molecule has 8 aromatic rings. The van der Waals surface area contributed by atoms with Crippen LogP contribution in [-0.2, 0) is 0 Å². The SMILES string of the molecule is C(=Cc1ccc2ccc3cccc4ccc1c2c34)c1ccc(-c2ccc(C=C(c3ccccc3)c3ccccc3)cc2)cc1. The minimum absolute atomic E-state index is 1.18. The fourth-order valence-electron chi connectivity index (χ4n) is 6.38. The second-order valence-electron chi connectivity index (χ2n) is 11.4. The summed E-state index contributed by atoms with van der Waals surface area (Å²) < 4.78 is 0. The van der Waals surface area contributed by atoms with Gasteiger partial charge in [-0.1, -0.05) is 176 Å². The Hall–Kier alpha value is -5.72. The second kappa shape index (κ2) is 11.2. The highest BCUT2D eigenvalue weighted by Crippen LogP contribution is 2.36. The fraction of sp³-hybridized carbons (Fsp3) is 0. The summed E-state index contributed by atoms with van der Waals surface area (Å²) in [6, 6.07) is 59.0. The van der Waals surface area contributed by atoms with Gasteiger partial charge in [0.2, 0.25) is 0 Å². The van der Waals surface area contributed by atoms with E-state index < -0.39 is 0 Å². The number of benzene rings is 8. The lowest BCUT2D eigenvalue weighted by Gasteiger charge is -2.12. The summed E-state index contributed by atoms with van der Waals surface area (Å²) in [6.07, 6.45) is 6.75. The Kier molecular flexibility index (Phi) is 6.59. The Balaban J connectivity index is 1.06. The number of hydrogen-bond donors (Lipinski definition) is 0. The molecule has 0 spiro atoms. The van der Waals surface area contributed by atoms with Gasteiger partial charge < -0.3 is 0 Å². The van der Waals surface area contributed by atoms with Gasteiger partial charge in [0.25, 0.3) is 0 Å². The summed E-state index contributed by atoms with van der Waals surface area (Å²) in [4.78, 5) is 0. The van der Waals surface area contributed by atoms with Crippen molar-refractivity contribution in [3.8, 4) is 11.1 Å². The Bertz CT molecular complexity index is 2210. The molecule has 0 amide bonds. The van der Waals surface area contributed by atoms with Crippen LogP contribution in [0.1, 0.15) is 27.8 Å². The molecule has 0 unspecified atom stereocenters. The summed E-state index contributed by atoms with van der Waals surface area (Å²) >= 11 is 0. The minimum Gasteiger partial charge on any atom is -0.0622 e. The Morgan fingerprint density at radius 3 is 1.50 bits per heavy atom. The van der Waals surface area contributed by atoms with E-state index in [0.717, 1.165) is 0 Å². The molecule has 0 aliphatic rings.